The molecule has 0 amide bonds. The minimum Gasteiger partial charge on any atom is -0.295 e. The minimum absolute atomic E-state index is 0.0196. The molecule has 220 valence electrons. The number of nitriles is 1. The van der Waals surface area contributed by atoms with Crippen molar-refractivity contribution in [3.63, 3.8) is 0 Å². The summed E-state index contributed by atoms with van der Waals surface area (Å²) in [7, 11) is 0. The quantitative estimate of drug-likeness (QED) is 0.367. The number of hydrogen-bond donors (Lipinski definition) is 1. The second kappa shape index (κ2) is 10.5. The number of ketones is 2. The van der Waals surface area contributed by atoms with Gasteiger partial charge in [-0.1, -0.05) is 78.3 Å². The number of nitrogens with one attached hydrogen (secondary N) is 1. The summed E-state index contributed by atoms with van der Waals surface area (Å²) in [4.78, 5) is 28.8. The third-order valence-electron chi connectivity index (χ3n) is 12.1. The van der Waals surface area contributed by atoms with E-state index in [2.05, 4.69) is 75.7 Å². The van der Waals surface area contributed by atoms with Crippen LogP contribution in [0.3, 0.4) is 0 Å². The second-order valence-corrected chi connectivity index (χ2v) is 16.3. The molecule has 0 bridgehead atoms. The molecule has 2 fully saturated rings. The Morgan fingerprint density at radius 2 is 1.54 bits per heavy atom. The smallest absolute Gasteiger partial charge is 0.178 e. The van der Waals surface area contributed by atoms with Gasteiger partial charge in [-0.3, -0.25) is 14.3 Å². The number of carbonyl (C=O) groups is 2. The zero-order valence-corrected chi connectivity index (χ0v) is 26.9. The predicted octanol–water partition coefficient (Wildman–Crippen LogP) is 8.65. The predicted molar refractivity (Wildman–Crippen MR) is 167 cm³/mol. The van der Waals surface area contributed by atoms with Crippen molar-refractivity contribution in [2.24, 2.45) is 38.9 Å². The van der Waals surface area contributed by atoms with Gasteiger partial charge in [-0.25, -0.2) is 0 Å². The van der Waals surface area contributed by atoms with Gasteiger partial charge in [0, 0.05) is 27.7 Å². The molecule has 0 heterocycles. The Morgan fingerprint density at radius 1 is 0.878 bits per heavy atom. The van der Waals surface area contributed by atoms with Crippen molar-refractivity contribution in [2.45, 2.75) is 111 Å². The number of fused-ring (bicyclic) bond motifs is 5. The van der Waals surface area contributed by atoms with Gasteiger partial charge in [-0.15, -0.1) is 0 Å². The number of hydrogen-bond acceptors (Lipinski definition) is 5. The lowest BCUT2D eigenvalue weighted by molar-refractivity contribution is -0.139. The second-order valence-electron chi connectivity index (χ2n) is 15.4. The molecule has 4 aliphatic rings. The maximum Gasteiger partial charge on any atom is 0.178 e. The molecule has 0 aliphatic heterocycles. The van der Waals surface area contributed by atoms with E-state index in [1.165, 1.54) is 4.90 Å². The largest absolute Gasteiger partial charge is 0.295 e. The molecule has 5 heteroatoms. The van der Waals surface area contributed by atoms with E-state index in [4.69, 9.17) is 0 Å². The van der Waals surface area contributed by atoms with E-state index < -0.39 is 10.8 Å². The highest BCUT2D eigenvalue weighted by molar-refractivity contribution is 7.97. The number of allylic oxidation sites excluding steroid dienone is 4. The van der Waals surface area contributed by atoms with E-state index in [0.717, 1.165) is 56.9 Å². The van der Waals surface area contributed by atoms with E-state index in [9.17, 15) is 14.9 Å². The monoisotopic (exact) mass is 572 g/mol. The normalized spacial score (nSPS) is 38.3. The Balaban J connectivity index is 1.55. The molecular weight excluding hydrogens is 524 g/mol. The van der Waals surface area contributed by atoms with Gasteiger partial charge in [0.1, 0.15) is 6.07 Å². The zero-order chi connectivity index (χ0) is 29.8. The Morgan fingerprint density at radius 3 is 2.22 bits per heavy atom. The fourth-order valence-corrected chi connectivity index (χ4v) is 10.1. The third kappa shape index (κ3) is 4.98. The molecule has 4 nitrogen and oxygen atoms in total. The van der Waals surface area contributed by atoms with Gasteiger partial charge in [-0.05, 0) is 104 Å². The number of benzene rings is 1. The molecule has 2 saturated carbocycles. The molecule has 1 aromatic carbocycles. The van der Waals surface area contributed by atoms with Gasteiger partial charge in [0.25, 0.3) is 0 Å². The molecule has 1 unspecified atom stereocenters. The maximum absolute atomic E-state index is 14.2. The van der Waals surface area contributed by atoms with Crippen molar-refractivity contribution >= 4 is 23.5 Å². The van der Waals surface area contributed by atoms with Crippen molar-refractivity contribution in [3.05, 3.63) is 53.6 Å². The van der Waals surface area contributed by atoms with Crippen LogP contribution in [0.4, 0.5) is 0 Å². The van der Waals surface area contributed by atoms with Crippen LogP contribution in [-0.4, -0.2) is 17.6 Å². The first-order valence-electron chi connectivity index (χ1n) is 15.6. The van der Waals surface area contributed by atoms with Crippen LogP contribution in [0.5, 0.6) is 0 Å². The van der Waals surface area contributed by atoms with Gasteiger partial charge in [-0.2, -0.15) is 5.26 Å². The van der Waals surface area contributed by atoms with Gasteiger partial charge in [0.15, 0.2) is 11.6 Å². The van der Waals surface area contributed by atoms with E-state index >= 15 is 0 Å². The number of carbonyl (C=O) groups excluding carboxylic acids is 2. The number of nitrogens with zero attached hydrogens (tertiary/aromatic N) is 1. The summed E-state index contributed by atoms with van der Waals surface area (Å²) in [5, 5.41) is 9.95. The average Bonchev–Trinajstić information content (AvgIpc) is 2.92. The summed E-state index contributed by atoms with van der Waals surface area (Å²) in [5.74, 6) is 0.252. The third-order valence-corrected chi connectivity index (χ3v) is 13.1. The molecule has 6 atom stereocenters. The summed E-state index contributed by atoms with van der Waals surface area (Å²) in [6.45, 7) is 15.8. The van der Waals surface area contributed by atoms with Gasteiger partial charge in [0.2, 0.25) is 0 Å². The van der Waals surface area contributed by atoms with E-state index in [1.54, 1.807) is 11.9 Å². The van der Waals surface area contributed by atoms with Crippen LogP contribution in [0, 0.1) is 50.2 Å². The summed E-state index contributed by atoms with van der Waals surface area (Å²) in [6.07, 6.45) is 12.0. The van der Waals surface area contributed by atoms with Gasteiger partial charge < -0.3 is 0 Å². The van der Waals surface area contributed by atoms with Crippen LogP contribution in [0.2, 0.25) is 0 Å². The molecular formula is C36H48N2O2S. The summed E-state index contributed by atoms with van der Waals surface area (Å²) in [6, 6.07) is 13.1. The SMILES string of the molecule is CC1(C)CCC2C(=O)C=C3[C@@]4(C)C=C(C#N)C(=O)C(C)(C)[C@@H]4CC[C@@]3(C)[C@]2(C)CC[C@@H](NSc2ccccc2)CC1. The summed E-state index contributed by atoms with van der Waals surface area (Å²) >= 11 is 1.72. The summed E-state index contributed by atoms with van der Waals surface area (Å²) < 4.78 is 3.82. The highest BCUT2D eigenvalue weighted by Crippen LogP contribution is 2.70. The van der Waals surface area contributed by atoms with Crippen LogP contribution < -0.4 is 4.72 Å². The zero-order valence-electron chi connectivity index (χ0n) is 26.1. The van der Waals surface area contributed by atoms with E-state index in [-0.39, 0.29) is 45.2 Å². The highest BCUT2D eigenvalue weighted by Gasteiger charge is 2.65. The molecule has 0 radical (unpaired) electrons. The molecule has 4 aliphatic carbocycles. The highest BCUT2D eigenvalue weighted by atomic mass is 32.2. The van der Waals surface area contributed by atoms with E-state index in [1.807, 2.05) is 26.0 Å². The first-order chi connectivity index (χ1) is 19.2. The Hall–Kier alpha value is -2.16. The fraction of sp³-hybridized carbons (Fsp3) is 0.639. The molecule has 0 spiro atoms. The Labute approximate surface area is 252 Å². The van der Waals surface area contributed by atoms with Gasteiger partial charge in [0.05, 0.1) is 5.57 Å². The topological polar surface area (TPSA) is 70.0 Å². The van der Waals surface area contributed by atoms with Crippen molar-refractivity contribution in [1.29, 1.82) is 5.26 Å². The van der Waals surface area contributed by atoms with E-state index in [0.29, 0.717) is 6.04 Å². The molecule has 0 aromatic heterocycles. The molecule has 5 rings (SSSR count). The van der Waals surface area contributed by atoms with Crippen LogP contribution >= 0.6 is 11.9 Å². The van der Waals surface area contributed by atoms with Crippen LogP contribution in [-0.2, 0) is 9.59 Å². The number of rotatable bonds is 3. The standard InChI is InChI=1S/C36H48N2O2S/c1-32(2)17-13-25(38-41-26-11-9-8-10-12-26)14-19-35(6)27(15-18-32)28(39)21-30-34(5)22-24(23-37)31(40)33(3,4)29(34)16-20-36(30,35)7/h8-12,21-22,25,27,29,38H,13-20H2,1-7H3/t25-,27?,29-,34-,35+,36+/m0/s1. The van der Waals surface area contributed by atoms with Crippen LogP contribution in [0.1, 0.15) is 99.8 Å². The molecule has 0 saturated heterocycles. The molecule has 41 heavy (non-hydrogen) atoms. The lowest BCUT2D eigenvalue weighted by Crippen LogP contribution is -2.60. The fourth-order valence-electron chi connectivity index (χ4n) is 9.25. The minimum atomic E-state index is -0.637. The molecule has 1 aromatic rings. The van der Waals surface area contributed by atoms with Crippen molar-refractivity contribution in [2.75, 3.05) is 0 Å². The lowest BCUT2D eigenvalue weighted by atomic mass is 9.38. The van der Waals surface area contributed by atoms with Crippen molar-refractivity contribution < 1.29 is 9.59 Å². The first kappa shape index (κ1) is 30.3. The maximum atomic E-state index is 14.2. The van der Waals surface area contributed by atoms with Crippen LogP contribution in [0.15, 0.2) is 58.5 Å². The van der Waals surface area contributed by atoms with Crippen molar-refractivity contribution in [1.82, 2.24) is 4.72 Å². The lowest BCUT2D eigenvalue weighted by Gasteiger charge is -2.64. The number of Topliss-reactive ketones (excluding diaryl/α,β-unsaturated/α-hetero) is 1. The van der Waals surface area contributed by atoms with Crippen LogP contribution in [0.25, 0.3) is 0 Å². The Kier molecular flexibility index (Phi) is 7.78. The van der Waals surface area contributed by atoms with Crippen molar-refractivity contribution in [3.8, 4) is 6.07 Å². The first-order valence-corrected chi connectivity index (χ1v) is 16.4. The summed E-state index contributed by atoms with van der Waals surface area (Å²) in [5.41, 5.74) is 0.0641. The molecule has 1 N–H and O–H groups in total. The Bertz CT molecular complexity index is 1320. The average molecular weight is 573 g/mol. The van der Waals surface area contributed by atoms with Gasteiger partial charge >= 0.3 is 0 Å².